The molecule has 112 valence electrons. The summed E-state index contributed by atoms with van der Waals surface area (Å²) >= 11 is 5.75. The van der Waals surface area contributed by atoms with E-state index in [0.29, 0.717) is 17.1 Å². The van der Waals surface area contributed by atoms with Gasteiger partial charge >= 0.3 is 6.03 Å². The van der Waals surface area contributed by atoms with E-state index < -0.39 is 17.5 Å². The van der Waals surface area contributed by atoms with Gasteiger partial charge in [-0.05, 0) is 37.6 Å². The number of carbonyl (C=O) groups is 3. The first-order valence-electron chi connectivity index (χ1n) is 6.55. The predicted molar refractivity (Wildman–Crippen MR) is 79.0 cm³/mol. The van der Waals surface area contributed by atoms with Crippen LogP contribution in [0.4, 0.5) is 10.5 Å². The van der Waals surface area contributed by atoms with E-state index in [0.717, 1.165) is 4.90 Å². The van der Waals surface area contributed by atoms with Gasteiger partial charge in [-0.2, -0.15) is 0 Å². The fourth-order valence-corrected chi connectivity index (χ4v) is 2.13. The van der Waals surface area contributed by atoms with Gasteiger partial charge in [-0.3, -0.25) is 14.5 Å². The van der Waals surface area contributed by atoms with Crippen LogP contribution in [-0.4, -0.2) is 34.8 Å². The molecule has 4 amide bonds. The Labute approximate surface area is 127 Å². The van der Waals surface area contributed by atoms with Crippen molar-refractivity contribution >= 4 is 35.1 Å². The van der Waals surface area contributed by atoms with Gasteiger partial charge in [0.2, 0.25) is 5.91 Å². The molecule has 1 aromatic rings. The summed E-state index contributed by atoms with van der Waals surface area (Å²) < 4.78 is 0. The number of rotatable bonds is 4. The Bertz CT molecular complexity index is 588. The average molecular weight is 310 g/mol. The van der Waals surface area contributed by atoms with Crippen molar-refractivity contribution in [1.82, 2.24) is 10.2 Å². The number of imide groups is 1. The molecule has 2 N–H and O–H groups in total. The molecule has 0 aliphatic carbocycles. The van der Waals surface area contributed by atoms with Crippen LogP contribution in [0.1, 0.15) is 20.3 Å². The van der Waals surface area contributed by atoms with Gasteiger partial charge in [0.05, 0.1) is 0 Å². The van der Waals surface area contributed by atoms with Gasteiger partial charge < -0.3 is 10.6 Å². The minimum Gasteiger partial charge on any atom is -0.325 e. The molecular formula is C14H16ClN3O3. The highest BCUT2D eigenvalue weighted by atomic mass is 35.5. The van der Waals surface area contributed by atoms with E-state index in [-0.39, 0.29) is 12.5 Å². The molecule has 2 rings (SSSR count). The number of nitrogens with zero attached hydrogens (tertiary/aromatic N) is 1. The molecule has 0 unspecified atom stereocenters. The van der Waals surface area contributed by atoms with E-state index in [2.05, 4.69) is 10.6 Å². The summed E-state index contributed by atoms with van der Waals surface area (Å²) in [5.74, 6) is -0.831. The van der Waals surface area contributed by atoms with Crippen molar-refractivity contribution in [3.05, 3.63) is 29.3 Å². The summed E-state index contributed by atoms with van der Waals surface area (Å²) in [7, 11) is 0. The fourth-order valence-electron chi connectivity index (χ4n) is 2.01. The number of urea groups is 1. The number of amides is 4. The van der Waals surface area contributed by atoms with E-state index in [1.165, 1.54) is 0 Å². The second-order valence-electron chi connectivity index (χ2n) is 5.06. The van der Waals surface area contributed by atoms with Crippen molar-refractivity contribution in [2.24, 2.45) is 0 Å². The maximum absolute atomic E-state index is 12.1. The monoisotopic (exact) mass is 309 g/mol. The Morgan fingerprint density at radius 1 is 1.33 bits per heavy atom. The van der Waals surface area contributed by atoms with E-state index >= 15 is 0 Å². The lowest BCUT2D eigenvalue weighted by Gasteiger charge is -2.19. The Kier molecular flexibility index (Phi) is 4.18. The first-order chi connectivity index (χ1) is 9.85. The van der Waals surface area contributed by atoms with Crippen LogP contribution in [0.15, 0.2) is 24.3 Å². The highest BCUT2D eigenvalue weighted by Gasteiger charge is 2.46. The van der Waals surface area contributed by atoms with Crippen LogP contribution in [0, 0.1) is 0 Å². The minimum absolute atomic E-state index is 0.317. The zero-order valence-electron chi connectivity index (χ0n) is 11.8. The highest BCUT2D eigenvalue weighted by molar-refractivity contribution is 6.30. The van der Waals surface area contributed by atoms with Crippen LogP contribution in [0.3, 0.4) is 0 Å². The Morgan fingerprint density at radius 3 is 2.48 bits per heavy atom. The van der Waals surface area contributed by atoms with Gasteiger partial charge in [0.1, 0.15) is 12.1 Å². The Morgan fingerprint density at radius 2 is 1.95 bits per heavy atom. The number of hydrogen-bond donors (Lipinski definition) is 2. The molecule has 0 radical (unpaired) electrons. The van der Waals surface area contributed by atoms with Crippen molar-refractivity contribution in [3.63, 3.8) is 0 Å². The molecule has 0 saturated carbocycles. The lowest BCUT2D eigenvalue weighted by molar-refractivity contribution is -0.133. The van der Waals surface area contributed by atoms with E-state index in [9.17, 15) is 14.4 Å². The maximum atomic E-state index is 12.1. The summed E-state index contributed by atoms with van der Waals surface area (Å²) in [6.45, 7) is 3.13. The standard InChI is InChI=1S/C14H16ClN3O3/c1-3-14(2)12(20)18(13(21)17-14)8-11(19)16-10-6-4-9(15)5-7-10/h4-7H,3,8H2,1-2H3,(H,16,19)(H,17,21)/t14-/m0/s1. The summed E-state index contributed by atoms with van der Waals surface area (Å²) in [4.78, 5) is 36.8. The van der Waals surface area contributed by atoms with Crippen LogP contribution in [0.2, 0.25) is 5.02 Å². The molecule has 7 heteroatoms. The molecule has 21 heavy (non-hydrogen) atoms. The summed E-state index contributed by atoms with van der Waals surface area (Å²) in [6.07, 6.45) is 0.465. The largest absolute Gasteiger partial charge is 0.325 e. The number of nitrogens with one attached hydrogen (secondary N) is 2. The second kappa shape index (κ2) is 5.73. The third-order valence-electron chi connectivity index (χ3n) is 3.48. The lowest BCUT2D eigenvalue weighted by Crippen LogP contribution is -2.44. The van der Waals surface area contributed by atoms with Crippen LogP contribution >= 0.6 is 11.6 Å². The number of carbonyl (C=O) groups excluding carboxylic acids is 3. The van der Waals surface area contributed by atoms with Gasteiger partial charge in [0.25, 0.3) is 5.91 Å². The van der Waals surface area contributed by atoms with Crippen LogP contribution in [0.25, 0.3) is 0 Å². The quantitative estimate of drug-likeness (QED) is 0.835. The molecule has 1 aromatic carbocycles. The summed E-state index contributed by atoms with van der Waals surface area (Å²) in [5.41, 5.74) is -0.382. The van der Waals surface area contributed by atoms with Crippen molar-refractivity contribution in [2.75, 3.05) is 11.9 Å². The smallest absolute Gasteiger partial charge is 0.325 e. The van der Waals surface area contributed by atoms with Gasteiger partial charge in [-0.25, -0.2) is 4.79 Å². The third-order valence-corrected chi connectivity index (χ3v) is 3.73. The highest BCUT2D eigenvalue weighted by Crippen LogP contribution is 2.20. The Balaban J connectivity index is 2.01. The van der Waals surface area contributed by atoms with Crippen molar-refractivity contribution in [3.8, 4) is 0 Å². The van der Waals surface area contributed by atoms with Crippen molar-refractivity contribution in [1.29, 1.82) is 0 Å². The predicted octanol–water partition coefficient (Wildman–Crippen LogP) is 2.00. The molecule has 1 fully saturated rings. The molecule has 6 nitrogen and oxygen atoms in total. The van der Waals surface area contributed by atoms with Gasteiger partial charge in [-0.1, -0.05) is 18.5 Å². The average Bonchev–Trinajstić information content (AvgIpc) is 2.66. The van der Waals surface area contributed by atoms with Crippen LogP contribution in [-0.2, 0) is 9.59 Å². The number of anilines is 1. The Hall–Kier alpha value is -2.08. The topological polar surface area (TPSA) is 78.5 Å². The lowest BCUT2D eigenvalue weighted by atomic mass is 9.99. The van der Waals surface area contributed by atoms with E-state index in [1.54, 1.807) is 38.1 Å². The zero-order chi connectivity index (χ0) is 15.6. The molecule has 1 saturated heterocycles. The number of hydrogen-bond acceptors (Lipinski definition) is 3. The molecule has 1 heterocycles. The van der Waals surface area contributed by atoms with Gasteiger partial charge in [-0.15, -0.1) is 0 Å². The second-order valence-corrected chi connectivity index (χ2v) is 5.50. The van der Waals surface area contributed by atoms with E-state index in [4.69, 9.17) is 11.6 Å². The normalized spacial score (nSPS) is 21.4. The van der Waals surface area contributed by atoms with Gasteiger partial charge in [0.15, 0.2) is 0 Å². The molecule has 0 aromatic heterocycles. The number of halogens is 1. The molecule has 0 bridgehead atoms. The summed E-state index contributed by atoms with van der Waals surface area (Å²) in [6, 6.07) is 6.01. The third kappa shape index (κ3) is 3.16. The van der Waals surface area contributed by atoms with Crippen molar-refractivity contribution in [2.45, 2.75) is 25.8 Å². The first-order valence-corrected chi connectivity index (χ1v) is 6.93. The molecule has 0 spiro atoms. The maximum Gasteiger partial charge on any atom is 0.325 e. The fraction of sp³-hybridized carbons (Fsp3) is 0.357. The molecule has 1 atom stereocenters. The minimum atomic E-state index is -0.933. The SMILES string of the molecule is CC[C@]1(C)NC(=O)N(CC(=O)Nc2ccc(Cl)cc2)C1=O. The van der Waals surface area contributed by atoms with Crippen molar-refractivity contribution < 1.29 is 14.4 Å². The molecule has 1 aliphatic heterocycles. The van der Waals surface area contributed by atoms with E-state index in [1.807, 2.05) is 0 Å². The number of benzene rings is 1. The summed E-state index contributed by atoms with van der Waals surface area (Å²) in [5, 5.41) is 5.76. The molecule has 1 aliphatic rings. The van der Waals surface area contributed by atoms with Crippen LogP contribution < -0.4 is 10.6 Å². The van der Waals surface area contributed by atoms with Crippen LogP contribution in [0.5, 0.6) is 0 Å². The molecular weight excluding hydrogens is 294 g/mol. The first kappa shape index (κ1) is 15.3. The zero-order valence-corrected chi connectivity index (χ0v) is 12.5. The van der Waals surface area contributed by atoms with Gasteiger partial charge in [0, 0.05) is 10.7 Å².